The van der Waals surface area contributed by atoms with Gasteiger partial charge < -0.3 is 4.74 Å². The summed E-state index contributed by atoms with van der Waals surface area (Å²) in [6, 6.07) is 0. The van der Waals surface area contributed by atoms with Gasteiger partial charge in [0, 0.05) is 0 Å². The summed E-state index contributed by atoms with van der Waals surface area (Å²) in [6.07, 6.45) is 1.43. The van der Waals surface area contributed by atoms with E-state index in [9.17, 15) is 4.79 Å². The highest BCUT2D eigenvalue weighted by Gasteiger charge is 2.15. The molecule has 0 rings (SSSR count). The van der Waals surface area contributed by atoms with Gasteiger partial charge in [-0.25, -0.2) is 4.79 Å². The lowest BCUT2D eigenvalue weighted by Gasteiger charge is -2.19. The number of ether oxygens (including phenoxy) is 1. The number of carbonyl (C=O) groups excluding carboxylic acids is 1. The number of carbonyl (C=O) groups is 1. The number of hydrogen-bond donors (Lipinski definition) is 1. The van der Waals surface area contributed by atoms with Crippen molar-refractivity contribution in [1.29, 1.82) is 0 Å². The molecule has 0 aliphatic heterocycles. The van der Waals surface area contributed by atoms with Crippen LogP contribution >= 0.6 is 0 Å². The molecule has 0 aromatic heterocycles. The van der Waals surface area contributed by atoms with Gasteiger partial charge >= 0.3 is 6.09 Å². The molecule has 13 heavy (non-hydrogen) atoms. The van der Waals surface area contributed by atoms with Crippen LogP contribution in [0.3, 0.4) is 0 Å². The minimum atomic E-state index is -0.538. The van der Waals surface area contributed by atoms with Gasteiger partial charge in [0.05, 0.1) is 6.61 Å². The monoisotopic (exact) mass is 189 g/mol. The third kappa shape index (κ3) is 9.14. The first-order valence-corrected chi connectivity index (χ1v) is 4.56. The number of unbranched alkanes of at least 4 members (excludes halogenated alkanes) is 1. The van der Waals surface area contributed by atoms with E-state index in [-0.39, 0.29) is 0 Å². The molecular formula is C9H19NO3. The molecule has 0 radical (unpaired) electrons. The molecule has 0 saturated heterocycles. The smallest absolute Gasteiger partial charge is 0.431 e. The van der Waals surface area contributed by atoms with Crippen LogP contribution in [0, 0.1) is 0 Å². The van der Waals surface area contributed by atoms with E-state index in [1.54, 1.807) is 20.8 Å². The van der Waals surface area contributed by atoms with Crippen LogP contribution in [0.25, 0.3) is 0 Å². The number of hydroxylamine groups is 1. The van der Waals surface area contributed by atoms with Crippen LogP contribution in [0.4, 0.5) is 4.79 Å². The summed E-state index contributed by atoms with van der Waals surface area (Å²) in [4.78, 5) is 15.8. The predicted octanol–water partition coefficient (Wildman–Crippen LogP) is 2.24. The van der Waals surface area contributed by atoms with Gasteiger partial charge in [-0.15, -0.1) is 0 Å². The summed E-state index contributed by atoms with van der Waals surface area (Å²) < 4.78 is 4.94. The molecule has 0 unspecified atom stereocenters. The zero-order valence-corrected chi connectivity index (χ0v) is 8.85. The highest BCUT2D eigenvalue weighted by Crippen LogP contribution is 2.06. The lowest BCUT2D eigenvalue weighted by Crippen LogP contribution is -2.32. The molecule has 78 valence electrons. The molecule has 0 saturated carbocycles. The molecule has 0 aromatic rings. The Morgan fingerprint density at radius 1 is 1.38 bits per heavy atom. The Labute approximate surface area is 79.6 Å². The van der Waals surface area contributed by atoms with Crippen LogP contribution in [0.2, 0.25) is 0 Å². The van der Waals surface area contributed by atoms with Crippen LogP contribution in [-0.4, -0.2) is 18.3 Å². The van der Waals surface area contributed by atoms with E-state index in [1.165, 1.54) is 0 Å². The molecule has 0 spiro atoms. The van der Waals surface area contributed by atoms with E-state index in [0.29, 0.717) is 6.61 Å². The summed E-state index contributed by atoms with van der Waals surface area (Å²) in [7, 11) is 0. The first-order chi connectivity index (χ1) is 5.95. The van der Waals surface area contributed by atoms with Crippen LogP contribution in [0.1, 0.15) is 40.5 Å². The summed E-state index contributed by atoms with van der Waals surface area (Å²) in [5, 5.41) is 0. The van der Waals surface area contributed by atoms with Crippen LogP contribution in [0.5, 0.6) is 0 Å². The lowest BCUT2D eigenvalue weighted by atomic mass is 10.2. The van der Waals surface area contributed by atoms with E-state index < -0.39 is 11.7 Å². The minimum absolute atomic E-state index is 0.474. The van der Waals surface area contributed by atoms with E-state index in [4.69, 9.17) is 9.57 Å². The van der Waals surface area contributed by atoms with E-state index >= 15 is 0 Å². The van der Waals surface area contributed by atoms with Gasteiger partial charge in [0.1, 0.15) is 5.60 Å². The third-order valence-electron chi connectivity index (χ3n) is 1.15. The Bertz CT molecular complexity index is 151. The molecule has 0 atom stereocenters. The van der Waals surface area contributed by atoms with Crippen molar-refractivity contribution in [3.05, 3.63) is 0 Å². The van der Waals surface area contributed by atoms with Gasteiger partial charge in [-0.2, -0.15) is 5.48 Å². The van der Waals surface area contributed by atoms with E-state index in [0.717, 1.165) is 12.8 Å². The van der Waals surface area contributed by atoms with Gasteiger partial charge in [-0.1, -0.05) is 13.3 Å². The summed E-state index contributed by atoms with van der Waals surface area (Å²) >= 11 is 0. The van der Waals surface area contributed by atoms with Gasteiger partial charge in [0.25, 0.3) is 0 Å². The highest BCUT2D eigenvalue weighted by atomic mass is 16.7. The Morgan fingerprint density at radius 3 is 2.46 bits per heavy atom. The van der Waals surface area contributed by atoms with Crippen molar-refractivity contribution in [2.24, 2.45) is 0 Å². The SMILES string of the molecule is CCCCONC(=O)OC(C)(C)C. The molecule has 0 aromatic carbocycles. The topological polar surface area (TPSA) is 47.6 Å². The second kappa shape index (κ2) is 5.80. The van der Waals surface area contributed by atoms with Crippen molar-refractivity contribution in [3.63, 3.8) is 0 Å². The Kier molecular flexibility index (Phi) is 5.46. The summed E-state index contributed by atoms with van der Waals surface area (Å²) in [6.45, 7) is 7.99. The molecule has 0 heterocycles. The molecule has 1 amide bonds. The van der Waals surface area contributed by atoms with Crippen LogP contribution in [-0.2, 0) is 9.57 Å². The average Bonchev–Trinajstić information content (AvgIpc) is 1.94. The van der Waals surface area contributed by atoms with Gasteiger partial charge in [-0.05, 0) is 27.2 Å². The van der Waals surface area contributed by atoms with Gasteiger partial charge in [0.2, 0.25) is 0 Å². The molecule has 1 N–H and O–H groups in total. The maximum absolute atomic E-state index is 11.0. The van der Waals surface area contributed by atoms with E-state index in [1.807, 2.05) is 0 Å². The fraction of sp³-hybridized carbons (Fsp3) is 0.889. The van der Waals surface area contributed by atoms with Crippen molar-refractivity contribution < 1.29 is 14.4 Å². The standard InChI is InChI=1S/C9H19NO3/c1-5-6-7-12-10-8(11)13-9(2,3)4/h5-7H2,1-4H3,(H,10,11). The lowest BCUT2D eigenvalue weighted by molar-refractivity contribution is -0.00833. The van der Waals surface area contributed by atoms with Crippen LogP contribution < -0.4 is 5.48 Å². The van der Waals surface area contributed by atoms with Crippen molar-refractivity contribution in [2.45, 2.75) is 46.1 Å². The fourth-order valence-electron chi connectivity index (χ4n) is 0.625. The third-order valence-corrected chi connectivity index (χ3v) is 1.15. The Balaban J connectivity index is 3.41. The number of rotatable bonds is 4. The molecule has 4 heteroatoms. The zero-order valence-electron chi connectivity index (χ0n) is 8.85. The van der Waals surface area contributed by atoms with Crippen molar-refractivity contribution in [1.82, 2.24) is 5.48 Å². The first kappa shape index (κ1) is 12.2. The maximum Gasteiger partial charge on any atom is 0.431 e. The number of hydrogen-bond acceptors (Lipinski definition) is 3. The molecule has 0 bridgehead atoms. The Hall–Kier alpha value is -0.770. The van der Waals surface area contributed by atoms with Crippen molar-refractivity contribution in [3.8, 4) is 0 Å². The van der Waals surface area contributed by atoms with E-state index in [2.05, 4.69) is 12.4 Å². The fourth-order valence-corrected chi connectivity index (χ4v) is 0.625. The Morgan fingerprint density at radius 2 is 2.00 bits per heavy atom. The summed E-state index contributed by atoms with van der Waals surface area (Å²) in [5.41, 5.74) is 1.74. The normalized spacial score (nSPS) is 11.1. The number of nitrogens with one attached hydrogen (secondary N) is 1. The average molecular weight is 189 g/mol. The number of amides is 1. The second-order valence-electron chi connectivity index (χ2n) is 3.81. The van der Waals surface area contributed by atoms with Crippen molar-refractivity contribution in [2.75, 3.05) is 6.61 Å². The van der Waals surface area contributed by atoms with Crippen molar-refractivity contribution >= 4 is 6.09 Å². The quantitative estimate of drug-likeness (QED) is 0.545. The van der Waals surface area contributed by atoms with Crippen LogP contribution in [0.15, 0.2) is 0 Å². The van der Waals surface area contributed by atoms with Gasteiger partial charge in [-0.3, -0.25) is 4.84 Å². The molecule has 4 nitrogen and oxygen atoms in total. The molecule has 0 aliphatic carbocycles. The minimum Gasteiger partial charge on any atom is -0.442 e. The molecule has 0 aliphatic rings. The summed E-state index contributed by atoms with van der Waals surface area (Å²) in [5.74, 6) is 0. The first-order valence-electron chi connectivity index (χ1n) is 4.56. The zero-order chi connectivity index (χ0) is 10.3. The maximum atomic E-state index is 11.0. The second-order valence-corrected chi connectivity index (χ2v) is 3.81. The molecular weight excluding hydrogens is 170 g/mol. The highest BCUT2D eigenvalue weighted by molar-refractivity contribution is 5.66. The predicted molar refractivity (Wildman–Crippen MR) is 50.2 cm³/mol. The largest absolute Gasteiger partial charge is 0.442 e. The molecule has 0 fully saturated rings. The van der Waals surface area contributed by atoms with Gasteiger partial charge in [0.15, 0.2) is 0 Å².